The molecule has 2 aromatic rings. The fourth-order valence-corrected chi connectivity index (χ4v) is 4.44. The number of hydrogen-bond donors (Lipinski definition) is 0. The Morgan fingerprint density at radius 1 is 1.00 bits per heavy atom. The van der Waals surface area contributed by atoms with E-state index < -0.39 is 0 Å². The highest BCUT2D eigenvalue weighted by Gasteiger charge is 2.32. The molecule has 0 atom stereocenters. The maximum Gasteiger partial charge on any atom is 0.227 e. The second kappa shape index (κ2) is 9.65. The van der Waals surface area contributed by atoms with Crippen LogP contribution in [-0.4, -0.2) is 49.0 Å². The van der Waals surface area contributed by atoms with Gasteiger partial charge in [0.05, 0.1) is 13.5 Å². The molecular formula is C26H34N2O2. The Hall–Kier alpha value is -2.33. The Bertz CT molecular complexity index is 836. The van der Waals surface area contributed by atoms with Crippen LogP contribution in [0.25, 0.3) is 0 Å². The van der Waals surface area contributed by atoms with Gasteiger partial charge in [-0.1, -0.05) is 36.4 Å². The molecule has 1 aliphatic heterocycles. The average Bonchev–Trinajstić information content (AvgIpc) is 3.60. The van der Waals surface area contributed by atoms with Crippen LogP contribution in [-0.2, 0) is 24.2 Å². The summed E-state index contributed by atoms with van der Waals surface area (Å²) in [6.07, 6.45) is 6.45. The number of benzene rings is 2. The van der Waals surface area contributed by atoms with E-state index in [-0.39, 0.29) is 5.91 Å². The fraction of sp³-hybridized carbons (Fsp3) is 0.500. The number of piperidine rings is 1. The molecule has 4 rings (SSSR count). The number of likely N-dealkylation sites (tertiary alicyclic amines) is 1. The molecule has 2 fully saturated rings. The number of amides is 1. The Balaban J connectivity index is 1.35. The van der Waals surface area contributed by atoms with Gasteiger partial charge < -0.3 is 14.5 Å². The number of ether oxygens (including phenoxy) is 1. The summed E-state index contributed by atoms with van der Waals surface area (Å²) in [5.41, 5.74) is 3.67. The minimum Gasteiger partial charge on any atom is -0.497 e. The lowest BCUT2D eigenvalue weighted by atomic mass is 9.90. The third-order valence-electron chi connectivity index (χ3n) is 6.54. The highest BCUT2D eigenvalue weighted by Crippen LogP contribution is 2.29. The van der Waals surface area contributed by atoms with Crippen molar-refractivity contribution in [3.8, 4) is 5.75 Å². The molecule has 4 heteroatoms. The Labute approximate surface area is 180 Å². The van der Waals surface area contributed by atoms with Gasteiger partial charge in [0.2, 0.25) is 5.91 Å². The molecule has 1 amide bonds. The fourth-order valence-electron chi connectivity index (χ4n) is 4.44. The van der Waals surface area contributed by atoms with E-state index in [1.807, 2.05) is 24.3 Å². The van der Waals surface area contributed by atoms with Crippen molar-refractivity contribution in [1.29, 1.82) is 0 Å². The average molecular weight is 407 g/mol. The monoisotopic (exact) mass is 406 g/mol. The second-order valence-corrected chi connectivity index (χ2v) is 9.05. The van der Waals surface area contributed by atoms with Gasteiger partial charge in [0, 0.05) is 12.6 Å². The molecule has 0 radical (unpaired) electrons. The molecule has 1 heterocycles. The van der Waals surface area contributed by atoms with Crippen LogP contribution in [0.3, 0.4) is 0 Å². The molecule has 0 bridgehead atoms. The zero-order chi connectivity index (χ0) is 20.9. The SMILES string of the molecule is COc1cccc(CC(=O)N(Cc2ccc(CC3CCN(C)CC3)cc2)C2CC2)c1. The predicted molar refractivity (Wildman–Crippen MR) is 121 cm³/mol. The number of carbonyl (C=O) groups is 1. The van der Waals surface area contributed by atoms with Crippen LogP contribution in [0.5, 0.6) is 5.75 Å². The normalized spacial score (nSPS) is 17.7. The van der Waals surface area contributed by atoms with Crippen LogP contribution in [0, 0.1) is 5.92 Å². The lowest BCUT2D eigenvalue weighted by Crippen LogP contribution is -2.33. The Kier molecular flexibility index (Phi) is 6.73. The van der Waals surface area contributed by atoms with E-state index in [9.17, 15) is 4.79 Å². The Morgan fingerprint density at radius 3 is 2.37 bits per heavy atom. The van der Waals surface area contributed by atoms with Gasteiger partial charge in [-0.05, 0) is 87.0 Å². The van der Waals surface area contributed by atoms with E-state index in [0.29, 0.717) is 19.0 Å². The molecule has 160 valence electrons. The maximum atomic E-state index is 13.0. The first-order valence-electron chi connectivity index (χ1n) is 11.3. The van der Waals surface area contributed by atoms with Crippen molar-refractivity contribution in [1.82, 2.24) is 9.80 Å². The molecule has 2 aromatic carbocycles. The number of hydrogen-bond acceptors (Lipinski definition) is 3. The number of rotatable bonds is 8. The zero-order valence-corrected chi connectivity index (χ0v) is 18.3. The lowest BCUT2D eigenvalue weighted by Gasteiger charge is -2.29. The van der Waals surface area contributed by atoms with Gasteiger partial charge in [0.25, 0.3) is 0 Å². The van der Waals surface area contributed by atoms with Crippen molar-refractivity contribution < 1.29 is 9.53 Å². The molecule has 0 spiro atoms. The maximum absolute atomic E-state index is 13.0. The number of methoxy groups -OCH3 is 1. The number of carbonyl (C=O) groups excluding carboxylic acids is 1. The van der Waals surface area contributed by atoms with Crippen LogP contribution in [0.2, 0.25) is 0 Å². The summed E-state index contributed by atoms with van der Waals surface area (Å²) in [6, 6.07) is 17.2. The molecule has 1 saturated heterocycles. The van der Waals surface area contributed by atoms with Crippen LogP contribution in [0.1, 0.15) is 42.4 Å². The van der Waals surface area contributed by atoms with Gasteiger partial charge in [-0.2, -0.15) is 0 Å². The van der Waals surface area contributed by atoms with Gasteiger partial charge in [0.15, 0.2) is 0 Å². The summed E-state index contributed by atoms with van der Waals surface area (Å²) in [7, 11) is 3.88. The highest BCUT2D eigenvalue weighted by atomic mass is 16.5. The third-order valence-corrected chi connectivity index (χ3v) is 6.54. The van der Waals surface area contributed by atoms with E-state index in [0.717, 1.165) is 30.1 Å². The standard InChI is InChI=1S/C26H34N2O2/c1-27-14-12-21(13-15-27)16-20-6-8-22(9-7-20)19-28(24-10-11-24)26(29)18-23-4-3-5-25(17-23)30-2/h3-9,17,21,24H,10-16,18-19H2,1-2H3. The first-order chi connectivity index (χ1) is 14.6. The predicted octanol–water partition coefficient (Wildman–Crippen LogP) is 4.31. The van der Waals surface area contributed by atoms with Crippen molar-refractivity contribution in [2.24, 2.45) is 5.92 Å². The lowest BCUT2D eigenvalue weighted by molar-refractivity contribution is -0.131. The number of nitrogens with zero attached hydrogens (tertiary/aromatic N) is 2. The third kappa shape index (κ3) is 5.63. The topological polar surface area (TPSA) is 32.8 Å². The van der Waals surface area contributed by atoms with Crippen molar-refractivity contribution >= 4 is 5.91 Å². The summed E-state index contributed by atoms with van der Waals surface area (Å²) in [6.45, 7) is 3.14. The van der Waals surface area contributed by atoms with Crippen molar-refractivity contribution in [3.05, 3.63) is 65.2 Å². The van der Waals surface area contributed by atoms with Crippen LogP contribution in [0.15, 0.2) is 48.5 Å². The molecule has 2 aliphatic rings. The Morgan fingerprint density at radius 2 is 1.70 bits per heavy atom. The summed E-state index contributed by atoms with van der Waals surface area (Å²) >= 11 is 0. The van der Waals surface area contributed by atoms with Crippen molar-refractivity contribution in [3.63, 3.8) is 0 Å². The molecule has 1 saturated carbocycles. The largest absolute Gasteiger partial charge is 0.497 e. The van der Waals surface area contributed by atoms with E-state index in [2.05, 4.69) is 41.1 Å². The molecule has 30 heavy (non-hydrogen) atoms. The van der Waals surface area contributed by atoms with Crippen LogP contribution in [0.4, 0.5) is 0 Å². The minimum atomic E-state index is 0.209. The zero-order valence-electron chi connectivity index (χ0n) is 18.3. The first-order valence-corrected chi connectivity index (χ1v) is 11.3. The molecule has 0 unspecified atom stereocenters. The van der Waals surface area contributed by atoms with Crippen molar-refractivity contribution in [2.75, 3.05) is 27.2 Å². The summed E-state index contributed by atoms with van der Waals surface area (Å²) < 4.78 is 5.30. The van der Waals surface area contributed by atoms with E-state index in [1.165, 1.54) is 43.5 Å². The molecule has 1 aliphatic carbocycles. The second-order valence-electron chi connectivity index (χ2n) is 9.05. The first kappa shape index (κ1) is 20.9. The molecular weight excluding hydrogens is 372 g/mol. The molecule has 4 nitrogen and oxygen atoms in total. The smallest absolute Gasteiger partial charge is 0.227 e. The van der Waals surface area contributed by atoms with Gasteiger partial charge in [-0.25, -0.2) is 0 Å². The van der Waals surface area contributed by atoms with E-state index in [1.54, 1.807) is 7.11 Å². The van der Waals surface area contributed by atoms with E-state index >= 15 is 0 Å². The van der Waals surface area contributed by atoms with E-state index in [4.69, 9.17) is 4.74 Å². The van der Waals surface area contributed by atoms with Gasteiger partial charge >= 0.3 is 0 Å². The molecule has 0 N–H and O–H groups in total. The molecule has 0 aromatic heterocycles. The van der Waals surface area contributed by atoms with Gasteiger partial charge in [-0.15, -0.1) is 0 Å². The quantitative estimate of drug-likeness (QED) is 0.655. The minimum absolute atomic E-state index is 0.209. The van der Waals surface area contributed by atoms with Gasteiger partial charge in [0.1, 0.15) is 5.75 Å². The summed E-state index contributed by atoms with van der Waals surface area (Å²) in [5.74, 6) is 1.82. The summed E-state index contributed by atoms with van der Waals surface area (Å²) in [5, 5.41) is 0. The van der Waals surface area contributed by atoms with Gasteiger partial charge in [-0.3, -0.25) is 4.79 Å². The van der Waals surface area contributed by atoms with Crippen LogP contribution >= 0.6 is 0 Å². The van der Waals surface area contributed by atoms with Crippen LogP contribution < -0.4 is 4.74 Å². The van der Waals surface area contributed by atoms with Crippen molar-refractivity contribution in [2.45, 2.75) is 51.1 Å². The summed E-state index contributed by atoms with van der Waals surface area (Å²) in [4.78, 5) is 17.5. The highest BCUT2D eigenvalue weighted by molar-refractivity contribution is 5.79.